The quantitative estimate of drug-likeness (QED) is 0.813. The summed E-state index contributed by atoms with van der Waals surface area (Å²) in [5, 5.41) is 0. The maximum Gasteiger partial charge on any atom is 0.120 e. The molecule has 0 amide bonds. The molecule has 1 aliphatic rings. The van der Waals surface area contributed by atoms with E-state index in [1.54, 1.807) is 0 Å². The van der Waals surface area contributed by atoms with E-state index in [1.165, 1.54) is 17.7 Å². The van der Waals surface area contributed by atoms with Gasteiger partial charge < -0.3 is 9.64 Å². The van der Waals surface area contributed by atoms with E-state index in [0.717, 1.165) is 37.8 Å². The van der Waals surface area contributed by atoms with Crippen molar-refractivity contribution in [2.24, 2.45) is 10.9 Å². The zero-order chi connectivity index (χ0) is 13.7. The minimum absolute atomic E-state index is 0.722. The molecule has 104 valence electrons. The molecule has 0 aromatic heterocycles. The summed E-state index contributed by atoms with van der Waals surface area (Å²) >= 11 is 0. The fraction of sp³-hybridized carbons (Fsp3) is 0.562. The molecule has 1 heterocycles. The van der Waals surface area contributed by atoms with E-state index in [-0.39, 0.29) is 0 Å². The van der Waals surface area contributed by atoms with Crippen LogP contribution >= 0.6 is 0 Å². The minimum atomic E-state index is 0.722. The molecule has 0 aliphatic carbocycles. The third kappa shape index (κ3) is 4.35. The maximum atomic E-state index is 5.77. The van der Waals surface area contributed by atoms with E-state index < -0.39 is 0 Å². The van der Waals surface area contributed by atoms with Crippen molar-refractivity contribution in [1.82, 2.24) is 4.90 Å². The van der Waals surface area contributed by atoms with Crippen LogP contribution in [0.25, 0.3) is 0 Å². The van der Waals surface area contributed by atoms with Crippen LogP contribution in [-0.2, 0) is 0 Å². The van der Waals surface area contributed by atoms with Crippen LogP contribution in [0.2, 0.25) is 0 Å². The van der Waals surface area contributed by atoms with Gasteiger partial charge in [-0.3, -0.25) is 4.99 Å². The smallest absolute Gasteiger partial charge is 0.120 e. The average Bonchev–Trinajstić information content (AvgIpc) is 2.39. The van der Waals surface area contributed by atoms with E-state index in [9.17, 15) is 0 Å². The van der Waals surface area contributed by atoms with Gasteiger partial charge in [0.05, 0.1) is 0 Å². The van der Waals surface area contributed by atoms with Gasteiger partial charge >= 0.3 is 0 Å². The molecule has 3 nitrogen and oxygen atoms in total. The molecule has 0 N–H and O–H groups in total. The minimum Gasteiger partial charge on any atom is -0.492 e. The normalized spacial score (nSPS) is 19.4. The van der Waals surface area contributed by atoms with E-state index in [2.05, 4.69) is 49.1 Å². The number of hydrogen-bond donors (Lipinski definition) is 0. The van der Waals surface area contributed by atoms with E-state index in [4.69, 9.17) is 4.74 Å². The molecule has 0 fully saturated rings. The van der Waals surface area contributed by atoms with Crippen LogP contribution in [0, 0.1) is 5.92 Å². The maximum absolute atomic E-state index is 5.77. The Labute approximate surface area is 116 Å². The Bertz CT molecular complexity index is 440. The number of ether oxygens (including phenoxy) is 1. The summed E-state index contributed by atoms with van der Waals surface area (Å²) in [5.41, 5.74) is 2.45. The second kappa shape index (κ2) is 6.71. The highest BCUT2D eigenvalue weighted by Crippen LogP contribution is 2.20. The first kappa shape index (κ1) is 14.1. The van der Waals surface area contributed by atoms with Crippen molar-refractivity contribution < 1.29 is 4.74 Å². The Morgan fingerprint density at radius 1 is 1.37 bits per heavy atom. The van der Waals surface area contributed by atoms with Crippen molar-refractivity contribution in [3.63, 3.8) is 0 Å². The van der Waals surface area contributed by atoms with Crippen molar-refractivity contribution in [2.75, 3.05) is 33.8 Å². The second-order valence-electron chi connectivity index (χ2n) is 5.61. The highest BCUT2D eigenvalue weighted by atomic mass is 16.5. The zero-order valence-electron chi connectivity index (χ0n) is 12.2. The molecule has 0 unspecified atom stereocenters. The van der Waals surface area contributed by atoms with Crippen LogP contribution in [0.3, 0.4) is 0 Å². The van der Waals surface area contributed by atoms with Gasteiger partial charge in [0.2, 0.25) is 0 Å². The van der Waals surface area contributed by atoms with Crippen LogP contribution in [-0.4, -0.2) is 44.4 Å². The average molecular weight is 260 g/mol. The molecule has 0 spiro atoms. The summed E-state index contributed by atoms with van der Waals surface area (Å²) < 4.78 is 5.77. The Morgan fingerprint density at radius 2 is 2.21 bits per heavy atom. The van der Waals surface area contributed by atoms with Gasteiger partial charge in [0, 0.05) is 18.8 Å². The van der Waals surface area contributed by atoms with Gasteiger partial charge in [-0.1, -0.05) is 19.1 Å². The van der Waals surface area contributed by atoms with E-state index in [1.807, 2.05) is 6.07 Å². The van der Waals surface area contributed by atoms with Crippen molar-refractivity contribution in [1.29, 1.82) is 0 Å². The van der Waals surface area contributed by atoms with Gasteiger partial charge in [-0.15, -0.1) is 0 Å². The third-order valence-electron chi connectivity index (χ3n) is 3.44. The molecule has 3 heteroatoms. The van der Waals surface area contributed by atoms with Crippen molar-refractivity contribution in [3.8, 4) is 5.75 Å². The first-order valence-corrected chi connectivity index (χ1v) is 7.06. The Balaban J connectivity index is 1.99. The van der Waals surface area contributed by atoms with Gasteiger partial charge in [-0.25, -0.2) is 0 Å². The zero-order valence-corrected chi connectivity index (χ0v) is 12.2. The predicted molar refractivity (Wildman–Crippen MR) is 80.3 cm³/mol. The molecule has 0 bridgehead atoms. The molecule has 1 aliphatic heterocycles. The lowest BCUT2D eigenvalue weighted by Crippen LogP contribution is -2.19. The lowest BCUT2D eigenvalue weighted by atomic mass is 9.96. The number of hydrogen-bond acceptors (Lipinski definition) is 3. The van der Waals surface area contributed by atoms with Crippen molar-refractivity contribution in [3.05, 3.63) is 29.8 Å². The molecule has 0 radical (unpaired) electrons. The molecule has 1 aromatic carbocycles. The fourth-order valence-corrected chi connectivity index (χ4v) is 2.17. The largest absolute Gasteiger partial charge is 0.492 e. The number of likely N-dealkylation sites (N-methyl/N-ethyl adjacent to an activating group) is 1. The summed E-state index contributed by atoms with van der Waals surface area (Å²) in [7, 11) is 4.11. The SMILES string of the molecule is C[C@H]1CCC(c2cccc(OCCN(C)C)c2)=NC1. The molecule has 1 aromatic rings. The summed E-state index contributed by atoms with van der Waals surface area (Å²) in [6.07, 6.45) is 2.33. The molecule has 0 saturated carbocycles. The van der Waals surface area contributed by atoms with Gasteiger partial charge in [-0.2, -0.15) is 0 Å². The van der Waals surface area contributed by atoms with Gasteiger partial charge in [-0.05, 0) is 50.6 Å². The highest BCUT2D eigenvalue weighted by molar-refractivity contribution is 6.01. The van der Waals surface area contributed by atoms with Crippen LogP contribution in [0.15, 0.2) is 29.3 Å². The third-order valence-corrected chi connectivity index (χ3v) is 3.44. The molecular weight excluding hydrogens is 236 g/mol. The standard InChI is InChI=1S/C16H24N2O/c1-13-7-8-16(17-12-13)14-5-4-6-15(11-14)19-10-9-18(2)3/h4-6,11,13H,7-10,12H2,1-3H3/t13-/m0/s1. The Hall–Kier alpha value is -1.35. The lowest BCUT2D eigenvalue weighted by Gasteiger charge is -2.18. The van der Waals surface area contributed by atoms with Crippen LogP contribution < -0.4 is 4.74 Å². The van der Waals surface area contributed by atoms with Gasteiger partial charge in [0.1, 0.15) is 12.4 Å². The lowest BCUT2D eigenvalue weighted by molar-refractivity contribution is 0.261. The van der Waals surface area contributed by atoms with Crippen LogP contribution in [0.4, 0.5) is 0 Å². The topological polar surface area (TPSA) is 24.8 Å². The number of rotatable bonds is 5. The number of nitrogens with zero attached hydrogens (tertiary/aromatic N) is 2. The fourth-order valence-electron chi connectivity index (χ4n) is 2.17. The van der Waals surface area contributed by atoms with E-state index in [0.29, 0.717) is 0 Å². The van der Waals surface area contributed by atoms with Crippen molar-refractivity contribution >= 4 is 5.71 Å². The number of benzene rings is 1. The summed E-state index contributed by atoms with van der Waals surface area (Å²) in [4.78, 5) is 6.80. The van der Waals surface area contributed by atoms with Crippen LogP contribution in [0.1, 0.15) is 25.3 Å². The summed E-state index contributed by atoms with van der Waals surface area (Å²) in [5.74, 6) is 1.67. The first-order chi connectivity index (χ1) is 9.15. The van der Waals surface area contributed by atoms with E-state index >= 15 is 0 Å². The Kier molecular flexibility index (Phi) is 4.97. The first-order valence-electron chi connectivity index (χ1n) is 7.06. The second-order valence-corrected chi connectivity index (χ2v) is 5.61. The summed E-state index contributed by atoms with van der Waals surface area (Å²) in [6, 6.07) is 8.32. The Morgan fingerprint density at radius 3 is 2.89 bits per heavy atom. The molecule has 1 atom stereocenters. The number of aliphatic imine (C=N–C) groups is 1. The van der Waals surface area contributed by atoms with Crippen molar-refractivity contribution in [2.45, 2.75) is 19.8 Å². The predicted octanol–water partition coefficient (Wildman–Crippen LogP) is 2.85. The van der Waals surface area contributed by atoms with Gasteiger partial charge in [0.15, 0.2) is 0 Å². The molecule has 19 heavy (non-hydrogen) atoms. The van der Waals surface area contributed by atoms with Crippen LogP contribution in [0.5, 0.6) is 5.75 Å². The van der Waals surface area contributed by atoms with Gasteiger partial charge in [0.25, 0.3) is 0 Å². The molecule has 2 rings (SSSR count). The molecule has 0 saturated heterocycles. The summed E-state index contributed by atoms with van der Waals surface area (Å²) in [6.45, 7) is 4.88. The monoisotopic (exact) mass is 260 g/mol. The molecular formula is C16H24N2O. The highest BCUT2D eigenvalue weighted by Gasteiger charge is 2.13.